The van der Waals surface area contributed by atoms with Crippen molar-refractivity contribution < 1.29 is 9.18 Å². The minimum absolute atomic E-state index is 0.103. The Morgan fingerprint density at radius 3 is 2.80 bits per heavy atom. The van der Waals surface area contributed by atoms with Gasteiger partial charge in [0.25, 0.3) is 5.91 Å². The van der Waals surface area contributed by atoms with Crippen molar-refractivity contribution in [2.24, 2.45) is 0 Å². The van der Waals surface area contributed by atoms with Gasteiger partial charge in [-0.3, -0.25) is 4.79 Å². The summed E-state index contributed by atoms with van der Waals surface area (Å²) in [5, 5.41) is 3.64. The zero-order valence-corrected chi connectivity index (χ0v) is 15.5. The van der Waals surface area contributed by atoms with Crippen LogP contribution < -0.4 is 5.32 Å². The second kappa shape index (κ2) is 8.31. The lowest BCUT2D eigenvalue weighted by Crippen LogP contribution is -2.25. The minimum atomic E-state index is -0.265. The van der Waals surface area contributed by atoms with E-state index >= 15 is 0 Å². The van der Waals surface area contributed by atoms with Crippen LogP contribution in [0, 0.1) is 5.82 Å². The molecular formula is C18H15BrFN3OS. The predicted octanol–water partition coefficient (Wildman–Crippen LogP) is 4.50. The number of nitrogens with zero attached hydrogens (tertiary/aromatic N) is 1. The summed E-state index contributed by atoms with van der Waals surface area (Å²) >= 11 is 4.87. The van der Waals surface area contributed by atoms with Crippen LogP contribution in [0.3, 0.4) is 0 Å². The number of halogens is 2. The first-order chi connectivity index (χ1) is 12.1. The molecule has 1 aromatic heterocycles. The first kappa shape index (κ1) is 17.7. The average molecular weight is 420 g/mol. The quantitative estimate of drug-likeness (QED) is 0.456. The second-order valence-corrected chi connectivity index (χ2v) is 7.22. The van der Waals surface area contributed by atoms with Gasteiger partial charge in [0.15, 0.2) is 5.16 Å². The molecule has 0 unspecified atom stereocenters. The topological polar surface area (TPSA) is 57.8 Å². The lowest BCUT2D eigenvalue weighted by Gasteiger charge is -2.04. The molecule has 0 spiro atoms. The standard InChI is InChI=1S/C18H15BrFN3OS/c19-14-3-1-2-13(10-14)17(24)21-8-9-25-18-22-11-16(23-18)12-4-6-15(20)7-5-12/h1-7,10-11H,8-9H2,(H,21,24)(H,22,23). The molecule has 0 fully saturated rings. The van der Waals surface area contributed by atoms with Crippen molar-refractivity contribution in [2.75, 3.05) is 12.3 Å². The van der Waals surface area contributed by atoms with Gasteiger partial charge in [0, 0.05) is 22.3 Å². The molecule has 1 heterocycles. The van der Waals surface area contributed by atoms with Crippen LogP contribution in [0.2, 0.25) is 0 Å². The van der Waals surface area contributed by atoms with Crippen LogP contribution in [-0.2, 0) is 0 Å². The Morgan fingerprint density at radius 1 is 1.24 bits per heavy atom. The maximum absolute atomic E-state index is 13.0. The number of hydrogen-bond acceptors (Lipinski definition) is 3. The molecule has 0 atom stereocenters. The van der Waals surface area contributed by atoms with Gasteiger partial charge in [-0.2, -0.15) is 0 Å². The van der Waals surface area contributed by atoms with Crippen molar-refractivity contribution in [3.63, 3.8) is 0 Å². The van der Waals surface area contributed by atoms with Crippen molar-refractivity contribution >= 4 is 33.6 Å². The fraction of sp³-hybridized carbons (Fsp3) is 0.111. The summed E-state index contributed by atoms with van der Waals surface area (Å²) in [6.45, 7) is 0.530. The lowest BCUT2D eigenvalue weighted by atomic mass is 10.2. The summed E-state index contributed by atoms with van der Waals surface area (Å²) in [5.41, 5.74) is 2.33. The number of imidazole rings is 1. The van der Waals surface area contributed by atoms with E-state index in [0.717, 1.165) is 20.9 Å². The third-order valence-electron chi connectivity index (χ3n) is 3.42. The highest BCUT2D eigenvalue weighted by Gasteiger charge is 2.07. The van der Waals surface area contributed by atoms with Crippen LogP contribution in [0.4, 0.5) is 4.39 Å². The number of aromatic nitrogens is 2. The number of carbonyl (C=O) groups is 1. The van der Waals surface area contributed by atoms with Crippen LogP contribution in [-0.4, -0.2) is 28.2 Å². The number of hydrogen-bond donors (Lipinski definition) is 2. The van der Waals surface area contributed by atoms with Crippen LogP contribution in [0.15, 0.2) is 64.4 Å². The molecule has 0 saturated heterocycles. The average Bonchev–Trinajstić information content (AvgIpc) is 3.08. The van der Waals surface area contributed by atoms with Crippen molar-refractivity contribution in [2.45, 2.75) is 5.16 Å². The highest BCUT2D eigenvalue weighted by Crippen LogP contribution is 2.21. The summed E-state index contributed by atoms with van der Waals surface area (Å²) in [4.78, 5) is 19.5. The summed E-state index contributed by atoms with van der Waals surface area (Å²) in [7, 11) is 0. The number of rotatable bonds is 6. The molecule has 25 heavy (non-hydrogen) atoms. The van der Waals surface area contributed by atoms with Gasteiger partial charge in [0.1, 0.15) is 5.82 Å². The van der Waals surface area contributed by atoms with Gasteiger partial charge in [-0.05, 0) is 48.0 Å². The fourth-order valence-electron chi connectivity index (χ4n) is 2.20. The van der Waals surface area contributed by atoms with Crippen LogP contribution in [0.25, 0.3) is 11.3 Å². The third kappa shape index (κ3) is 4.93. The monoisotopic (exact) mass is 419 g/mol. The Morgan fingerprint density at radius 2 is 2.04 bits per heavy atom. The van der Waals surface area contributed by atoms with E-state index in [1.807, 2.05) is 12.1 Å². The molecule has 3 aromatic rings. The Hall–Kier alpha value is -2.12. The first-order valence-electron chi connectivity index (χ1n) is 7.59. The maximum Gasteiger partial charge on any atom is 0.251 e. The van der Waals surface area contributed by atoms with E-state index < -0.39 is 0 Å². The van der Waals surface area contributed by atoms with Crippen molar-refractivity contribution in [3.8, 4) is 11.3 Å². The van der Waals surface area contributed by atoms with Gasteiger partial charge in [-0.1, -0.05) is 33.8 Å². The molecule has 0 aliphatic carbocycles. The van der Waals surface area contributed by atoms with Gasteiger partial charge >= 0.3 is 0 Å². The third-order valence-corrected chi connectivity index (χ3v) is 4.80. The van der Waals surface area contributed by atoms with Gasteiger partial charge in [-0.15, -0.1) is 0 Å². The van der Waals surface area contributed by atoms with E-state index in [1.54, 1.807) is 30.5 Å². The van der Waals surface area contributed by atoms with E-state index in [-0.39, 0.29) is 11.7 Å². The van der Waals surface area contributed by atoms with E-state index in [2.05, 4.69) is 31.2 Å². The van der Waals surface area contributed by atoms with E-state index in [1.165, 1.54) is 23.9 Å². The maximum atomic E-state index is 13.0. The number of thioether (sulfide) groups is 1. The van der Waals surface area contributed by atoms with Crippen LogP contribution in [0.5, 0.6) is 0 Å². The Kier molecular flexibility index (Phi) is 5.88. The smallest absolute Gasteiger partial charge is 0.251 e. The zero-order valence-electron chi connectivity index (χ0n) is 13.1. The Labute approximate surface area is 157 Å². The molecule has 0 saturated carbocycles. The molecular weight excluding hydrogens is 405 g/mol. The van der Waals surface area contributed by atoms with Crippen LogP contribution >= 0.6 is 27.7 Å². The van der Waals surface area contributed by atoms with Crippen LogP contribution in [0.1, 0.15) is 10.4 Å². The van der Waals surface area contributed by atoms with Crippen molar-refractivity contribution in [1.29, 1.82) is 0 Å². The summed E-state index contributed by atoms with van der Waals surface area (Å²) in [5.74, 6) is 0.322. The summed E-state index contributed by atoms with van der Waals surface area (Å²) < 4.78 is 13.8. The molecule has 2 N–H and O–H groups in total. The molecule has 3 rings (SSSR count). The number of aromatic amines is 1. The predicted molar refractivity (Wildman–Crippen MR) is 101 cm³/mol. The molecule has 2 aromatic carbocycles. The highest BCUT2D eigenvalue weighted by atomic mass is 79.9. The highest BCUT2D eigenvalue weighted by molar-refractivity contribution is 9.10. The molecule has 0 bridgehead atoms. The first-order valence-corrected chi connectivity index (χ1v) is 9.37. The molecule has 0 radical (unpaired) electrons. The van der Waals surface area contributed by atoms with Crippen molar-refractivity contribution in [1.82, 2.24) is 15.3 Å². The largest absolute Gasteiger partial charge is 0.351 e. The molecule has 4 nitrogen and oxygen atoms in total. The lowest BCUT2D eigenvalue weighted by molar-refractivity contribution is 0.0956. The van der Waals surface area contributed by atoms with E-state index in [9.17, 15) is 9.18 Å². The molecule has 1 amide bonds. The van der Waals surface area contributed by atoms with E-state index in [4.69, 9.17) is 0 Å². The number of carbonyl (C=O) groups excluding carboxylic acids is 1. The molecule has 0 aliphatic heterocycles. The normalized spacial score (nSPS) is 10.6. The number of H-pyrrole nitrogens is 1. The SMILES string of the molecule is O=C(NCCSc1ncc(-c2ccc(F)cc2)[nH]1)c1cccc(Br)c1. The molecule has 0 aliphatic rings. The molecule has 128 valence electrons. The Balaban J connectivity index is 1.48. The van der Waals surface area contributed by atoms with Gasteiger partial charge in [0.2, 0.25) is 0 Å². The number of amides is 1. The fourth-order valence-corrected chi connectivity index (χ4v) is 3.30. The van der Waals surface area contributed by atoms with Crippen molar-refractivity contribution in [3.05, 3.63) is 70.6 Å². The number of benzene rings is 2. The van der Waals surface area contributed by atoms with Gasteiger partial charge < -0.3 is 10.3 Å². The summed E-state index contributed by atoms with van der Waals surface area (Å²) in [6.07, 6.45) is 1.72. The minimum Gasteiger partial charge on any atom is -0.351 e. The van der Waals surface area contributed by atoms with Gasteiger partial charge in [0.05, 0.1) is 11.9 Å². The second-order valence-electron chi connectivity index (χ2n) is 5.22. The Bertz CT molecular complexity index is 867. The van der Waals surface area contributed by atoms with E-state index in [0.29, 0.717) is 17.9 Å². The molecule has 7 heteroatoms. The summed E-state index contributed by atoms with van der Waals surface area (Å²) in [6, 6.07) is 13.5. The van der Waals surface area contributed by atoms with Gasteiger partial charge in [-0.25, -0.2) is 9.37 Å². The zero-order chi connectivity index (χ0) is 17.6. The number of nitrogens with one attached hydrogen (secondary N) is 2.